The number of fused-ring (bicyclic) bond motifs is 1. The summed E-state index contributed by atoms with van der Waals surface area (Å²) < 4.78 is 12.8. The Morgan fingerprint density at radius 3 is 2.53 bits per heavy atom. The van der Waals surface area contributed by atoms with Crippen LogP contribution in [0.2, 0.25) is 5.28 Å². The highest BCUT2D eigenvalue weighted by Gasteiger charge is 2.28. The lowest BCUT2D eigenvalue weighted by Gasteiger charge is -2.30. The minimum Gasteiger partial charge on any atom is -0.466 e. The fourth-order valence-electron chi connectivity index (χ4n) is 4.24. The Hall–Kier alpha value is -1.97. The summed E-state index contributed by atoms with van der Waals surface area (Å²) in [5.41, 5.74) is 1.56. The second-order valence-corrected chi connectivity index (χ2v) is 8.00. The van der Waals surface area contributed by atoms with Crippen LogP contribution in [0.1, 0.15) is 32.5 Å². The monoisotopic (exact) mass is 436 g/mol. The van der Waals surface area contributed by atoms with Gasteiger partial charge >= 0.3 is 5.97 Å². The number of rotatable bonds is 6. The first kappa shape index (κ1) is 21.3. The summed E-state index contributed by atoms with van der Waals surface area (Å²) >= 11 is 6.27. The number of anilines is 1. The van der Waals surface area contributed by atoms with Crippen molar-refractivity contribution in [2.24, 2.45) is 5.92 Å². The van der Waals surface area contributed by atoms with Gasteiger partial charge in [0.2, 0.25) is 5.28 Å². The topological polar surface area (TPSA) is 85.6 Å². The smallest absolute Gasteiger partial charge is 0.309 e. The molecule has 0 atom stereocenters. The number of ether oxygens (including phenoxy) is 2. The Bertz CT molecular complexity index is 890. The Kier molecular flexibility index (Phi) is 6.70. The van der Waals surface area contributed by atoms with Crippen molar-refractivity contribution in [3.8, 4) is 0 Å². The molecule has 4 heterocycles. The number of hydrogen-bond acceptors (Lipinski definition) is 8. The number of carbonyl (C=O) groups excluding carboxylic acids is 1. The second-order valence-electron chi connectivity index (χ2n) is 7.66. The predicted octanol–water partition coefficient (Wildman–Crippen LogP) is 2.11. The molecule has 2 aromatic heterocycles. The van der Waals surface area contributed by atoms with Gasteiger partial charge in [0.1, 0.15) is 5.82 Å². The molecule has 164 valence electrons. The fourth-order valence-corrected chi connectivity index (χ4v) is 4.40. The van der Waals surface area contributed by atoms with Crippen LogP contribution in [-0.2, 0) is 27.4 Å². The number of imidazole rings is 1. The first-order valence-electron chi connectivity index (χ1n) is 10.7. The molecule has 30 heavy (non-hydrogen) atoms. The van der Waals surface area contributed by atoms with Crippen LogP contribution in [0.25, 0.3) is 11.2 Å². The van der Waals surface area contributed by atoms with E-state index in [0.717, 1.165) is 68.4 Å². The number of nitrogens with zero attached hydrogens (tertiary/aromatic N) is 6. The van der Waals surface area contributed by atoms with Crippen LogP contribution in [0.3, 0.4) is 0 Å². The van der Waals surface area contributed by atoms with Crippen molar-refractivity contribution in [2.45, 2.75) is 39.8 Å². The molecule has 0 aliphatic carbocycles. The van der Waals surface area contributed by atoms with E-state index in [2.05, 4.69) is 31.3 Å². The average Bonchev–Trinajstić information content (AvgIpc) is 3.11. The number of halogens is 1. The number of esters is 1. The molecule has 9 nitrogen and oxygen atoms in total. The number of likely N-dealkylation sites (tertiary alicyclic amines) is 1. The van der Waals surface area contributed by atoms with Gasteiger partial charge in [-0.3, -0.25) is 9.69 Å². The van der Waals surface area contributed by atoms with Crippen LogP contribution in [0.15, 0.2) is 0 Å². The number of aromatic nitrogens is 4. The maximum absolute atomic E-state index is 12.0. The van der Waals surface area contributed by atoms with Crippen LogP contribution < -0.4 is 4.90 Å². The van der Waals surface area contributed by atoms with E-state index in [0.29, 0.717) is 26.4 Å². The molecule has 0 amide bonds. The summed E-state index contributed by atoms with van der Waals surface area (Å²) in [6, 6.07) is 0. The average molecular weight is 437 g/mol. The van der Waals surface area contributed by atoms with Gasteiger partial charge in [0.15, 0.2) is 17.0 Å². The summed E-state index contributed by atoms with van der Waals surface area (Å²) in [6.45, 7) is 10.4. The summed E-state index contributed by atoms with van der Waals surface area (Å²) in [4.78, 5) is 30.4. The lowest BCUT2D eigenvalue weighted by atomic mass is 9.97. The van der Waals surface area contributed by atoms with Crippen LogP contribution >= 0.6 is 11.6 Å². The van der Waals surface area contributed by atoms with Gasteiger partial charge in [0.05, 0.1) is 32.3 Å². The molecule has 0 bridgehead atoms. The number of carbonyl (C=O) groups is 1. The highest BCUT2D eigenvalue weighted by atomic mass is 35.5. The lowest BCUT2D eigenvalue weighted by Crippen LogP contribution is -2.37. The standard InChI is InChI=1S/C20H29ClN6O3/c1-3-27-15(13-25-7-5-14(6-8-25)19(28)30-4-2)22-16-17(23-20(21)24-18(16)27)26-9-11-29-12-10-26/h14H,3-13H2,1-2H3. The van der Waals surface area contributed by atoms with Gasteiger partial charge in [-0.2, -0.15) is 9.97 Å². The van der Waals surface area contributed by atoms with Crippen LogP contribution in [0.4, 0.5) is 5.82 Å². The van der Waals surface area contributed by atoms with Crippen molar-refractivity contribution in [3.05, 3.63) is 11.1 Å². The summed E-state index contributed by atoms with van der Waals surface area (Å²) in [7, 11) is 0. The Morgan fingerprint density at radius 2 is 1.87 bits per heavy atom. The summed E-state index contributed by atoms with van der Waals surface area (Å²) in [6.07, 6.45) is 1.63. The molecule has 2 aliphatic heterocycles. The molecule has 2 saturated heterocycles. The highest BCUT2D eigenvalue weighted by molar-refractivity contribution is 6.28. The van der Waals surface area contributed by atoms with E-state index in [1.807, 2.05) is 6.92 Å². The molecule has 10 heteroatoms. The van der Waals surface area contributed by atoms with E-state index in [9.17, 15) is 4.79 Å². The molecule has 2 aliphatic rings. The molecule has 0 N–H and O–H groups in total. The zero-order valence-electron chi connectivity index (χ0n) is 17.6. The number of aryl methyl sites for hydroxylation is 1. The van der Waals surface area contributed by atoms with Gasteiger partial charge in [0.25, 0.3) is 0 Å². The van der Waals surface area contributed by atoms with Crippen molar-refractivity contribution in [2.75, 3.05) is 50.9 Å². The third-order valence-corrected chi connectivity index (χ3v) is 6.00. The Morgan fingerprint density at radius 1 is 1.13 bits per heavy atom. The van der Waals surface area contributed by atoms with Gasteiger partial charge in [-0.15, -0.1) is 0 Å². The van der Waals surface area contributed by atoms with Crippen molar-refractivity contribution in [1.82, 2.24) is 24.4 Å². The molecule has 2 aromatic rings. The second kappa shape index (κ2) is 9.45. The lowest BCUT2D eigenvalue weighted by molar-refractivity contribution is -0.149. The van der Waals surface area contributed by atoms with Crippen molar-refractivity contribution < 1.29 is 14.3 Å². The molecule has 4 rings (SSSR count). The first-order chi connectivity index (χ1) is 14.6. The van der Waals surface area contributed by atoms with Gasteiger partial charge in [-0.1, -0.05) is 0 Å². The van der Waals surface area contributed by atoms with E-state index in [4.69, 9.17) is 26.1 Å². The summed E-state index contributed by atoms with van der Waals surface area (Å²) in [5, 5.41) is 0.236. The van der Waals surface area contributed by atoms with Gasteiger partial charge in [0, 0.05) is 19.6 Å². The third kappa shape index (κ3) is 4.38. The summed E-state index contributed by atoms with van der Waals surface area (Å²) in [5.74, 6) is 1.66. The molecule has 0 saturated carbocycles. The number of piperidine rings is 1. The van der Waals surface area contributed by atoms with Crippen molar-refractivity contribution >= 4 is 34.6 Å². The van der Waals surface area contributed by atoms with E-state index in [1.165, 1.54) is 0 Å². The van der Waals surface area contributed by atoms with Crippen LogP contribution in [0.5, 0.6) is 0 Å². The van der Waals surface area contributed by atoms with Crippen molar-refractivity contribution in [1.29, 1.82) is 0 Å². The molecular formula is C20H29ClN6O3. The molecule has 2 fully saturated rings. The van der Waals surface area contributed by atoms with Gasteiger partial charge in [-0.25, -0.2) is 4.98 Å². The van der Waals surface area contributed by atoms with Gasteiger partial charge in [-0.05, 0) is 51.4 Å². The minimum atomic E-state index is -0.0713. The highest BCUT2D eigenvalue weighted by Crippen LogP contribution is 2.28. The Balaban J connectivity index is 1.55. The van der Waals surface area contributed by atoms with Crippen LogP contribution in [0, 0.1) is 5.92 Å². The quantitative estimate of drug-likeness (QED) is 0.502. The van der Waals surface area contributed by atoms with Crippen molar-refractivity contribution in [3.63, 3.8) is 0 Å². The zero-order valence-corrected chi connectivity index (χ0v) is 18.4. The van der Waals surface area contributed by atoms with E-state index in [1.54, 1.807) is 0 Å². The van der Waals surface area contributed by atoms with Crippen LogP contribution in [-0.4, -0.2) is 76.4 Å². The maximum Gasteiger partial charge on any atom is 0.309 e. The number of hydrogen-bond donors (Lipinski definition) is 0. The van der Waals surface area contributed by atoms with E-state index < -0.39 is 0 Å². The third-order valence-electron chi connectivity index (χ3n) is 5.83. The SMILES string of the molecule is CCOC(=O)C1CCN(Cc2nc3c(N4CCOCC4)nc(Cl)nc3n2CC)CC1. The molecule has 0 spiro atoms. The molecule has 0 aromatic carbocycles. The Labute approximate surface area is 181 Å². The minimum absolute atomic E-state index is 0.00351. The largest absolute Gasteiger partial charge is 0.466 e. The normalized spacial score (nSPS) is 18.8. The molecule has 0 radical (unpaired) electrons. The predicted molar refractivity (Wildman–Crippen MR) is 114 cm³/mol. The molecule has 0 unspecified atom stereocenters. The van der Waals surface area contributed by atoms with E-state index >= 15 is 0 Å². The first-order valence-corrected chi connectivity index (χ1v) is 11.1. The molecular weight excluding hydrogens is 408 g/mol. The van der Waals surface area contributed by atoms with Gasteiger partial charge < -0.3 is 18.9 Å². The maximum atomic E-state index is 12.0. The number of morpholine rings is 1. The zero-order chi connectivity index (χ0) is 21.1. The van der Waals surface area contributed by atoms with E-state index in [-0.39, 0.29) is 17.2 Å². The fraction of sp³-hybridized carbons (Fsp3) is 0.700.